The summed E-state index contributed by atoms with van der Waals surface area (Å²) in [5.74, 6) is 0. The van der Waals surface area contributed by atoms with Gasteiger partial charge in [-0.25, -0.2) is 0 Å². The molecular formula is C22H26N4S. The van der Waals surface area contributed by atoms with Crippen molar-refractivity contribution < 1.29 is 0 Å². The second kappa shape index (κ2) is 8.81. The van der Waals surface area contributed by atoms with E-state index < -0.39 is 0 Å². The number of allylic oxidation sites excluding steroid dienone is 4. The molecule has 140 valence electrons. The summed E-state index contributed by atoms with van der Waals surface area (Å²) >= 11 is 0.983. The maximum absolute atomic E-state index is 9.23. The molecule has 0 atom stereocenters. The van der Waals surface area contributed by atoms with Gasteiger partial charge in [0.1, 0.15) is 11.0 Å². The second-order valence-electron chi connectivity index (χ2n) is 6.51. The average molecular weight is 379 g/mol. The second-order valence-corrected chi connectivity index (χ2v) is 7.16. The van der Waals surface area contributed by atoms with Crippen molar-refractivity contribution in [1.82, 2.24) is 9.47 Å². The molecule has 0 fully saturated rings. The van der Waals surface area contributed by atoms with Gasteiger partial charge < -0.3 is 9.47 Å². The van der Waals surface area contributed by atoms with E-state index in [0.717, 1.165) is 50.6 Å². The highest BCUT2D eigenvalue weighted by Gasteiger charge is 2.11. The predicted molar refractivity (Wildman–Crippen MR) is 118 cm³/mol. The van der Waals surface area contributed by atoms with Crippen LogP contribution in [0.15, 0.2) is 47.0 Å². The van der Waals surface area contributed by atoms with Crippen LogP contribution in [0.4, 0.5) is 0 Å². The molecule has 0 spiro atoms. The lowest BCUT2D eigenvalue weighted by molar-refractivity contribution is 0.536. The molecule has 0 unspecified atom stereocenters. The van der Waals surface area contributed by atoms with Gasteiger partial charge in [-0.15, -0.1) is 0 Å². The molecule has 0 radical (unpaired) electrons. The lowest BCUT2D eigenvalue weighted by atomic mass is 10.1. The normalized spacial score (nSPS) is 13.4. The monoisotopic (exact) mass is 378 g/mol. The van der Waals surface area contributed by atoms with Crippen LogP contribution in [0, 0.1) is 11.3 Å². The maximum Gasteiger partial charge on any atom is 0.108 e. The Bertz CT molecular complexity index is 1050. The molecule has 2 aromatic rings. The van der Waals surface area contributed by atoms with Crippen LogP contribution < -0.4 is 15.6 Å². The minimum absolute atomic E-state index is 0.521. The molecule has 1 aromatic carbocycles. The summed E-state index contributed by atoms with van der Waals surface area (Å²) in [5, 5.41) is 16.9. The summed E-state index contributed by atoms with van der Waals surface area (Å²) in [6.45, 7) is 8.17. The summed E-state index contributed by atoms with van der Waals surface area (Å²) in [7, 11) is 6.05. The Hall–Kier alpha value is -2.68. The number of nitrogens with two attached hydrogens (primary N) is 1. The topological polar surface area (TPSA) is 58.0 Å². The fraction of sp³-hybridized carbons (Fsp3) is 0.227. The van der Waals surface area contributed by atoms with Crippen LogP contribution in [0.5, 0.6) is 0 Å². The Balaban J connectivity index is 2.53. The van der Waals surface area contributed by atoms with Crippen molar-refractivity contribution in [3.8, 4) is 17.3 Å². The van der Waals surface area contributed by atoms with Gasteiger partial charge in [0.05, 0.1) is 0 Å². The highest BCUT2D eigenvalue weighted by atomic mass is 32.2. The molecule has 5 heteroatoms. The molecule has 27 heavy (non-hydrogen) atoms. The molecule has 0 aliphatic heterocycles. The van der Waals surface area contributed by atoms with E-state index in [4.69, 9.17) is 5.14 Å². The fourth-order valence-corrected chi connectivity index (χ4v) is 3.36. The van der Waals surface area contributed by atoms with Crippen molar-refractivity contribution >= 4 is 30.2 Å². The van der Waals surface area contributed by atoms with Gasteiger partial charge in [-0.3, -0.25) is 5.14 Å². The number of nitriles is 1. The molecule has 0 saturated heterocycles. The minimum atomic E-state index is 0.521. The van der Waals surface area contributed by atoms with Gasteiger partial charge in [0.25, 0.3) is 0 Å². The molecule has 1 aromatic heterocycles. The van der Waals surface area contributed by atoms with Crippen molar-refractivity contribution in [1.29, 1.82) is 5.26 Å². The summed E-state index contributed by atoms with van der Waals surface area (Å²) in [6, 6.07) is 12.5. The minimum Gasteiger partial charge on any atom is -0.378 e. The largest absolute Gasteiger partial charge is 0.378 e. The van der Waals surface area contributed by atoms with E-state index in [1.807, 2.05) is 41.1 Å². The first-order valence-electron chi connectivity index (χ1n) is 8.62. The van der Waals surface area contributed by atoms with Gasteiger partial charge in [0, 0.05) is 38.2 Å². The van der Waals surface area contributed by atoms with Crippen LogP contribution >= 0.6 is 11.9 Å². The van der Waals surface area contributed by atoms with Gasteiger partial charge in [-0.2, -0.15) is 5.26 Å². The Morgan fingerprint density at radius 3 is 2.52 bits per heavy atom. The third-order valence-electron chi connectivity index (χ3n) is 4.62. The molecule has 4 nitrogen and oxygen atoms in total. The van der Waals surface area contributed by atoms with Crippen LogP contribution in [-0.2, 0) is 7.05 Å². The van der Waals surface area contributed by atoms with E-state index in [1.54, 1.807) is 0 Å². The lowest BCUT2D eigenvalue weighted by Gasteiger charge is -2.13. The smallest absolute Gasteiger partial charge is 0.108 e. The molecule has 2 rings (SSSR count). The summed E-state index contributed by atoms with van der Waals surface area (Å²) in [6.07, 6.45) is 4.21. The van der Waals surface area contributed by atoms with E-state index in [2.05, 4.69) is 58.5 Å². The first-order chi connectivity index (χ1) is 12.8. The van der Waals surface area contributed by atoms with E-state index in [9.17, 15) is 5.26 Å². The standard InChI is InChI=1S/C22H26N4S/c1-7-19(25(4)5)13-17-8-9-18(12-15(17)2)21-11-10-20(26(21)6)16(3)22(14-23)27-24/h7-13H,2,24H2,1,3-6H3/b17-13-,19-7+,22-16+. The molecule has 2 N–H and O–H groups in total. The maximum atomic E-state index is 9.23. The Labute approximate surface area is 165 Å². The quantitative estimate of drug-likeness (QED) is 0.641. The Morgan fingerprint density at radius 2 is 2.00 bits per heavy atom. The molecule has 1 heterocycles. The zero-order valence-corrected chi connectivity index (χ0v) is 17.4. The number of nitrogens with zero attached hydrogens (tertiary/aromatic N) is 3. The molecule has 0 aliphatic rings. The summed E-state index contributed by atoms with van der Waals surface area (Å²) < 4.78 is 2.08. The van der Waals surface area contributed by atoms with Crippen LogP contribution in [-0.4, -0.2) is 23.6 Å². The average Bonchev–Trinajstić information content (AvgIpc) is 3.02. The molecular weight excluding hydrogens is 352 g/mol. The van der Waals surface area contributed by atoms with Gasteiger partial charge >= 0.3 is 0 Å². The van der Waals surface area contributed by atoms with Crippen LogP contribution in [0.3, 0.4) is 0 Å². The number of hydrogen-bond donors (Lipinski definition) is 1. The highest BCUT2D eigenvalue weighted by Crippen LogP contribution is 2.28. The summed E-state index contributed by atoms with van der Waals surface area (Å²) in [4.78, 5) is 2.60. The number of aromatic nitrogens is 1. The van der Waals surface area contributed by atoms with Gasteiger partial charge in [-0.05, 0) is 71.6 Å². The number of benzene rings is 1. The van der Waals surface area contributed by atoms with Crippen molar-refractivity contribution in [3.05, 3.63) is 63.1 Å². The zero-order chi connectivity index (χ0) is 20.1. The van der Waals surface area contributed by atoms with E-state index >= 15 is 0 Å². The molecule has 0 saturated carbocycles. The highest BCUT2D eigenvalue weighted by molar-refractivity contribution is 8.01. The first kappa shape index (κ1) is 20.6. The van der Waals surface area contributed by atoms with Gasteiger partial charge in [-0.1, -0.05) is 24.8 Å². The van der Waals surface area contributed by atoms with Crippen LogP contribution in [0.25, 0.3) is 29.5 Å². The van der Waals surface area contributed by atoms with Crippen LogP contribution in [0.1, 0.15) is 19.5 Å². The van der Waals surface area contributed by atoms with Crippen molar-refractivity contribution in [2.45, 2.75) is 13.8 Å². The van der Waals surface area contributed by atoms with Crippen LogP contribution in [0.2, 0.25) is 0 Å². The zero-order valence-electron chi connectivity index (χ0n) is 16.6. The lowest BCUT2D eigenvalue weighted by Crippen LogP contribution is -2.24. The SMILES string of the molecule is C=c1cc(-c2ccc(/C(C)=C(\C#N)SN)n2C)cc/c1=C/C(=C\C)N(C)C. The Morgan fingerprint density at radius 1 is 1.30 bits per heavy atom. The van der Waals surface area contributed by atoms with E-state index in [0.29, 0.717) is 4.91 Å². The third kappa shape index (κ3) is 4.36. The van der Waals surface area contributed by atoms with Gasteiger partial charge in [0.15, 0.2) is 0 Å². The number of hydrogen-bond acceptors (Lipinski definition) is 4. The Kier molecular flexibility index (Phi) is 6.73. The third-order valence-corrected chi connectivity index (χ3v) is 5.25. The fourth-order valence-electron chi connectivity index (χ4n) is 3.03. The van der Waals surface area contributed by atoms with E-state index in [-0.39, 0.29) is 0 Å². The first-order valence-corrected chi connectivity index (χ1v) is 9.50. The van der Waals surface area contributed by atoms with Crippen molar-refractivity contribution in [3.63, 3.8) is 0 Å². The molecule has 0 amide bonds. The molecule has 0 aliphatic carbocycles. The molecule has 0 bridgehead atoms. The van der Waals surface area contributed by atoms with Crippen molar-refractivity contribution in [2.24, 2.45) is 12.2 Å². The summed E-state index contributed by atoms with van der Waals surface area (Å²) in [5.41, 5.74) is 5.15. The van der Waals surface area contributed by atoms with Crippen molar-refractivity contribution in [2.75, 3.05) is 14.1 Å². The predicted octanol–water partition coefficient (Wildman–Crippen LogP) is 3.21. The number of rotatable bonds is 5. The van der Waals surface area contributed by atoms with Gasteiger partial charge in [0.2, 0.25) is 0 Å². The van der Waals surface area contributed by atoms with E-state index in [1.165, 1.54) is 0 Å².